The first kappa shape index (κ1) is 13.0. The Kier molecular flexibility index (Phi) is 4.33. The molecule has 2 aromatic rings. The van der Waals surface area contributed by atoms with Crippen LogP contribution in [-0.2, 0) is 13.1 Å². The van der Waals surface area contributed by atoms with Crippen LogP contribution in [0.4, 0.5) is 0 Å². The molecule has 0 bridgehead atoms. The first-order chi connectivity index (χ1) is 8.72. The van der Waals surface area contributed by atoms with Crippen molar-refractivity contribution in [2.24, 2.45) is 0 Å². The maximum absolute atomic E-state index is 5.22. The smallest absolute Gasteiger partial charge is 0.164 e. The van der Waals surface area contributed by atoms with Crippen LogP contribution in [0, 0.1) is 0 Å². The number of aromatic nitrogens is 3. The fourth-order valence-corrected chi connectivity index (χ4v) is 1.99. The first-order valence-electron chi connectivity index (χ1n) is 5.58. The minimum Gasteiger partial charge on any atom is -0.497 e. The van der Waals surface area contributed by atoms with Gasteiger partial charge in [-0.25, -0.2) is 9.67 Å². The third-order valence-electron chi connectivity index (χ3n) is 2.50. The molecule has 0 spiro atoms. The van der Waals surface area contributed by atoms with Crippen molar-refractivity contribution in [1.82, 2.24) is 20.1 Å². The van der Waals surface area contributed by atoms with Crippen LogP contribution in [0.1, 0.15) is 11.4 Å². The molecule has 1 N–H and O–H groups in total. The molecule has 0 amide bonds. The van der Waals surface area contributed by atoms with Gasteiger partial charge in [-0.3, -0.25) is 0 Å². The van der Waals surface area contributed by atoms with Gasteiger partial charge in [0.1, 0.15) is 12.1 Å². The molecule has 1 aromatic carbocycles. The standard InChI is InChI=1S/C12H15BrN4O/c1-14-6-12-15-8-17(16-12)7-9-5-10(18-2)3-4-11(9)13/h3-5,8,14H,6-7H2,1-2H3. The predicted molar refractivity (Wildman–Crippen MR) is 72.6 cm³/mol. The second-order valence-electron chi connectivity index (χ2n) is 3.85. The summed E-state index contributed by atoms with van der Waals surface area (Å²) < 4.78 is 8.06. The lowest BCUT2D eigenvalue weighted by Gasteiger charge is -2.07. The average molecular weight is 311 g/mol. The van der Waals surface area contributed by atoms with Crippen molar-refractivity contribution < 1.29 is 4.74 Å². The van der Waals surface area contributed by atoms with Crippen LogP contribution in [0.5, 0.6) is 5.75 Å². The lowest BCUT2D eigenvalue weighted by molar-refractivity contribution is 0.414. The molecule has 6 heteroatoms. The van der Waals surface area contributed by atoms with Gasteiger partial charge in [0.15, 0.2) is 5.82 Å². The van der Waals surface area contributed by atoms with Crippen molar-refractivity contribution in [3.63, 3.8) is 0 Å². The topological polar surface area (TPSA) is 52.0 Å². The van der Waals surface area contributed by atoms with E-state index in [1.54, 1.807) is 13.4 Å². The second kappa shape index (κ2) is 5.97. The zero-order chi connectivity index (χ0) is 13.0. The van der Waals surface area contributed by atoms with Gasteiger partial charge in [0, 0.05) is 4.47 Å². The number of methoxy groups -OCH3 is 1. The van der Waals surface area contributed by atoms with Crippen LogP contribution >= 0.6 is 15.9 Å². The van der Waals surface area contributed by atoms with E-state index in [-0.39, 0.29) is 0 Å². The summed E-state index contributed by atoms with van der Waals surface area (Å²) in [4.78, 5) is 4.22. The zero-order valence-electron chi connectivity index (χ0n) is 10.4. The Morgan fingerprint density at radius 3 is 3.00 bits per heavy atom. The number of nitrogens with one attached hydrogen (secondary N) is 1. The van der Waals surface area contributed by atoms with Crippen molar-refractivity contribution in [3.05, 3.63) is 40.4 Å². The Hall–Kier alpha value is -1.40. The molecular weight excluding hydrogens is 296 g/mol. The van der Waals surface area contributed by atoms with Crippen LogP contribution in [0.15, 0.2) is 29.0 Å². The number of rotatable bonds is 5. The number of hydrogen-bond donors (Lipinski definition) is 1. The van der Waals surface area contributed by atoms with Gasteiger partial charge < -0.3 is 10.1 Å². The SMILES string of the molecule is CNCc1ncn(Cc2cc(OC)ccc2Br)n1. The summed E-state index contributed by atoms with van der Waals surface area (Å²) in [6.07, 6.45) is 1.73. The molecular formula is C12H15BrN4O. The first-order valence-corrected chi connectivity index (χ1v) is 6.37. The van der Waals surface area contributed by atoms with Gasteiger partial charge >= 0.3 is 0 Å². The fourth-order valence-electron chi connectivity index (χ4n) is 1.62. The van der Waals surface area contributed by atoms with E-state index < -0.39 is 0 Å². The molecule has 0 saturated carbocycles. The lowest BCUT2D eigenvalue weighted by Crippen LogP contribution is -2.08. The number of nitrogens with zero attached hydrogens (tertiary/aromatic N) is 3. The Bertz CT molecular complexity index is 527. The summed E-state index contributed by atoms with van der Waals surface area (Å²) in [7, 11) is 3.53. The van der Waals surface area contributed by atoms with Crippen molar-refractivity contribution in [2.75, 3.05) is 14.2 Å². The molecule has 0 aliphatic carbocycles. The largest absolute Gasteiger partial charge is 0.497 e. The summed E-state index contributed by atoms with van der Waals surface area (Å²) in [5.41, 5.74) is 1.11. The van der Waals surface area contributed by atoms with Crippen molar-refractivity contribution >= 4 is 15.9 Å². The molecule has 0 aliphatic rings. The highest BCUT2D eigenvalue weighted by Crippen LogP contribution is 2.23. The van der Waals surface area contributed by atoms with E-state index in [1.807, 2.05) is 29.9 Å². The van der Waals surface area contributed by atoms with Gasteiger partial charge in [0.05, 0.1) is 20.2 Å². The van der Waals surface area contributed by atoms with Crippen LogP contribution < -0.4 is 10.1 Å². The van der Waals surface area contributed by atoms with Gasteiger partial charge in [-0.05, 0) is 30.8 Å². The summed E-state index contributed by atoms with van der Waals surface area (Å²) in [6.45, 7) is 1.33. The van der Waals surface area contributed by atoms with Crippen molar-refractivity contribution in [1.29, 1.82) is 0 Å². The number of ether oxygens (including phenoxy) is 1. The van der Waals surface area contributed by atoms with E-state index in [1.165, 1.54) is 0 Å². The Balaban J connectivity index is 2.16. The zero-order valence-corrected chi connectivity index (χ0v) is 11.9. The molecule has 96 valence electrons. The highest BCUT2D eigenvalue weighted by atomic mass is 79.9. The number of halogens is 1. The lowest BCUT2D eigenvalue weighted by atomic mass is 10.2. The van der Waals surface area contributed by atoms with E-state index >= 15 is 0 Å². The maximum atomic E-state index is 5.22. The van der Waals surface area contributed by atoms with E-state index in [4.69, 9.17) is 4.74 Å². The number of benzene rings is 1. The molecule has 18 heavy (non-hydrogen) atoms. The molecule has 5 nitrogen and oxygen atoms in total. The van der Waals surface area contributed by atoms with Gasteiger partial charge in [0.25, 0.3) is 0 Å². The van der Waals surface area contributed by atoms with Crippen LogP contribution in [0.2, 0.25) is 0 Å². The van der Waals surface area contributed by atoms with Crippen LogP contribution in [-0.4, -0.2) is 28.9 Å². The van der Waals surface area contributed by atoms with E-state index in [9.17, 15) is 0 Å². The fraction of sp³-hybridized carbons (Fsp3) is 0.333. The van der Waals surface area contributed by atoms with Crippen molar-refractivity contribution in [2.45, 2.75) is 13.1 Å². The van der Waals surface area contributed by atoms with Gasteiger partial charge in [-0.1, -0.05) is 15.9 Å². The van der Waals surface area contributed by atoms with E-state index in [2.05, 4.69) is 31.3 Å². The summed E-state index contributed by atoms with van der Waals surface area (Å²) in [5.74, 6) is 1.63. The molecule has 1 aromatic heterocycles. The Morgan fingerprint density at radius 2 is 2.28 bits per heavy atom. The Labute approximate surface area is 114 Å². The average Bonchev–Trinajstić information content (AvgIpc) is 2.80. The molecule has 0 radical (unpaired) electrons. The highest BCUT2D eigenvalue weighted by molar-refractivity contribution is 9.10. The predicted octanol–water partition coefficient (Wildman–Crippen LogP) is 1.82. The Morgan fingerprint density at radius 1 is 1.44 bits per heavy atom. The van der Waals surface area contributed by atoms with Crippen molar-refractivity contribution in [3.8, 4) is 5.75 Å². The minimum atomic E-state index is 0.661. The third kappa shape index (κ3) is 3.08. The monoisotopic (exact) mass is 310 g/mol. The minimum absolute atomic E-state index is 0.661. The molecule has 0 atom stereocenters. The summed E-state index contributed by atoms with van der Waals surface area (Å²) in [6, 6.07) is 5.88. The third-order valence-corrected chi connectivity index (χ3v) is 3.28. The number of hydrogen-bond acceptors (Lipinski definition) is 4. The van der Waals surface area contributed by atoms with E-state index in [0.29, 0.717) is 13.1 Å². The van der Waals surface area contributed by atoms with Crippen LogP contribution in [0.25, 0.3) is 0 Å². The van der Waals surface area contributed by atoms with Gasteiger partial charge in [0.2, 0.25) is 0 Å². The maximum Gasteiger partial charge on any atom is 0.164 e. The van der Waals surface area contributed by atoms with Crippen LogP contribution in [0.3, 0.4) is 0 Å². The van der Waals surface area contributed by atoms with Gasteiger partial charge in [-0.15, -0.1) is 0 Å². The summed E-state index contributed by atoms with van der Waals surface area (Å²) >= 11 is 3.53. The molecule has 0 saturated heterocycles. The highest BCUT2D eigenvalue weighted by Gasteiger charge is 2.05. The van der Waals surface area contributed by atoms with Gasteiger partial charge in [-0.2, -0.15) is 5.10 Å². The quantitative estimate of drug-likeness (QED) is 0.915. The molecule has 1 heterocycles. The second-order valence-corrected chi connectivity index (χ2v) is 4.70. The molecule has 0 unspecified atom stereocenters. The normalized spacial score (nSPS) is 10.6. The summed E-state index contributed by atoms with van der Waals surface area (Å²) in [5, 5.41) is 7.40. The molecule has 0 aliphatic heterocycles. The van der Waals surface area contributed by atoms with E-state index in [0.717, 1.165) is 21.6 Å². The molecule has 2 rings (SSSR count). The molecule has 0 fully saturated rings.